The van der Waals surface area contributed by atoms with Crippen LogP contribution in [0.1, 0.15) is 10.4 Å². The monoisotopic (exact) mass is 365 g/mol. The van der Waals surface area contributed by atoms with Gasteiger partial charge in [-0.1, -0.05) is 11.6 Å². The van der Waals surface area contributed by atoms with Crippen molar-refractivity contribution in [1.82, 2.24) is 0 Å². The first-order chi connectivity index (χ1) is 12.0. The smallest absolute Gasteiger partial charge is 0.340 e. The highest BCUT2D eigenvalue weighted by atomic mass is 35.5. The van der Waals surface area contributed by atoms with Crippen molar-refractivity contribution in [3.8, 4) is 11.5 Å². The van der Waals surface area contributed by atoms with Gasteiger partial charge in [-0.2, -0.15) is 0 Å². The number of halogens is 2. The van der Waals surface area contributed by atoms with E-state index in [1.807, 2.05) is 0 Å². The summed E-state index contributed by atoms with van der Waals surface area (Å²) >= 11 is 5.81. The van der Waals surface area contributed by atoms with E-state index in [4.69, 9.17) is 25.8 Å². The average Bonchev–Trinajstić information content (AvgIpc) is 2.61. The van der Waals surface area contributed by atoms with Gasteiger partial charge in [0.05, 0.1) is 10.6 Å². The van der Waals surface area contributed by atoms with Crippen LogP contribution < -0.4 is 14.8 Å². The van der Waals surface area contributed by atoms with E-state index in [1.165, 1.54) is 6.07 Å². The second-order valence-electron chi connectivity index (χ2n) is 5.11. The van der Waals surface area contributed by atoms with E-state index in [1.54, 1.807) is 18.2 Å². The fourth-order valence-electron chi connectivity index (χ4n) is 2.18. The lowest BCUT2D eigenvalue weighted by molar-refractivity contribution is -0.119. The maximum atomic E-state index is 13.2. The molecule has 1 amide bonds. The number of hydrogen-bond acceptors (Lipinski definition) is 5. The molecule has 0 saturated carbocycles. The maximum Gasteiger partial charge on any atom is 0.340 e. The molecular weight excluding hydrogens is 353 g/mol. The number of nitrogens with one attached hydrogen (secondary N) is 1. The Balaban J connectivity index is 1.58. The number of ether oxygens (including phenoxy) is 3. The number of fused-ring (bicyclic) bond motifs is 1. The SMILES string of the molecule is O=C(COC(=O)c1cc(F)ccc1Cl)Nc1ccc2c(c1)OCCO2. The summed E-state index contributed by atoms with van der Waals surface area (Å²) in [7, 11) is 0. The van der Waals surface area contributed by atoms with Gasteiger partial charge < -0.3 is 19.5 Å². The van der Waals surface area contributed by atoms with Crippen LogP contribution in [0.2, 0.25) is 5.02 Å². The van der Waals surface area contributed by atoms with E-state index < -0.39 is 24.3 Å². The molecule has 25 heavy (non-hydrogen) atoms. The van der Waals surface area contributed by atoms with Crippen LogP contribution >= 0.6 is 11.6 Å². The lowest BCUT2D eigenvalue weighted by Gasteiger charge is -2.19. The Morgan fingerprint density at radius 1 is 1.12 bits per heavy atom. The maximum absolute atomic E-state index is 13.2. The highest BCUT2D eigenvalue weighted by molar-refractivity contribution is 6.33. The number of carbonyl (C=O) groups excluding carboxylic acids is 2. The van der Waals surface area contributed by atoms with Crippen molar-refractivity contribution in [1.29, 1.82) is 0 Å². The van der Waals surface area contributed by atoms with Crippen LogP contribution in [0, 0.1) is 5.82 Å². The molecule has 130 valence electrons. The summed E-state index contributed by atoms with van der Waals surface area (Å²) in [6.07, 6.45) is 0. The highest BCUT2D eigenvalue weighted by Crippen LogP contribution is 2.32. The van der Waals surface area contributed by atoms with Crippen molar-refractivity contribution < 1.29 is 28.2 Å². The third-order valence-corrected chi connectivity index (χ3v) is 3.64. The standard InChI is InChI=1S/C17H13ClFNO5/c18-13-3-1-10(19)7-12(13)17(22)25-9-16(21)20-11-2-4-14-15(8-11)24-6-5-23-14/h1-4,7-8H,5-6,9H2,(H,20,21). The van der Waals surface area contributed by atoms with Crippen molar-refractivity contribution in [3.63, 3.8) is 0 Å². The van der Waals surface area contributed by atoms with Crippen molar-refractivity contribution in [2.24, 2.45) is 0 Å². The van der Waals surface area contributed by atoms with Crippen molar-refractivity contribution in [2.75, 3.05) is 25.1 Å². The van der Waals surface area contributed by atoms with Gasteiger partial charge in [-0.15, -0.1) is 0 Å². The lowest BCUT2D eigenvalue weighted by Crippen LogP contribution is -2.21. The van der Waals surface area contributed by atoms with Crippen molar-refractivity contribution >= 4 is 29.2 Å². The van der Waals surface area contributed by atoms with Crippen LogP contribution in [-0.4, -0.2) is 31.7 Å². The molecule has 0 unspecified atom stereocenters. The first-order valence-corrected chi connectivity index (χ1v) is 7.72. The number of carbonyl (C=O) groups is 2. The number of esters is 1. The predicted molar refractivity (Wildman–Crippen MR) is 87.8 cm³/mol. The highest BCUT2D eigenvalue weighted by Gasteiger charge is 2.16. The Morgan fingerprint density at radius 3 is 2.68 bits per heavy atom. The normalized spacial score (nSPS) is 12.4. The Labute approximate surface area is 147 Å². The molecule has 1 aliphatic heterocycles. The number of anilines is 1. The molecule has 8 heteroatoms. The Bertz CT molecular complexity index is 827. The number of amides is 1. The Morgan fingerprint density at radius 2 is 1.88 bits per heavy atom. The van der Waals surface area contributed by atoms with Gasteiger partial charge in [-0.05, 0) is 30.3 Å². The van der Waals surface area contributed by atoms with Gasteiger partial charge in [0.2, 0.25) is 0 Å². The van der Waals surface area contributed by atoms with Gasteiger partial charge >= 0.3 is 5.97 Å². The van der Waals surface area contributed by atoms with Gasteiger partial charge in [0, 0.05) is 11.8 Å². The predicted octanol–water partition coefficient (Wildman–Crippen LogP) is 3.05. The molecule has 0 atom stereocenters. The fraction of sp³-hybridized carbons (Fsp3) is 0.176. The van der Waals surface area contributed by atoms with E-state index in [0.717, 1.165) is 12.1 Å². The zero-order valence-corrected chi connectivity index (χ0v) is 13.6. The molecule has 0 spiro atoms. The van der Waals surface area contributed by atoms with Gasteiger partial charge in [-0.25, -0.2) is 9.18 Å². The van der Waals surface area contributed by atoms with Crippen LogP contribution in [-0.2, 0) is 9.53 Å². The topological polar surface area (TPSA) is 73.9 Å². The van der Waals surface area contributed by atoms with E-state index in [-0.39, 0.29) is 10.6 Å². The van der Waals surface area contributed by atoms with Gasteiger partial charge in [0.25, 0.3) is 5.91 Å². The number of hydrogen-bond donors (Lipinski definition) is 1. The zero-order chi connectivity index (χ0) is 17.8. The van der Waals surface area contributed by atoms with E-state index in [0.29, 0.717) is 30.4 Å². The third kappa shape index (κ3) is 4.19. The summed E-state index contributed by atoms with van der Waals surface area (Å²) in [5.74, 6) is -0.958. The van der Waals surface area contributed by atoms with Gasteiger partial charge in [0.1, 0.15) is 19.0 Å². The summed E-state index contributed by atoms with van der Waals surface area (Å²) in [4.78, 5) is 23.8. The molecule has 2 aromatic rings. The van der Waals surface area contributed by atoms with E-state index in [9.17, 15) is 14.0 Å². The van der Waals surface area contributed by atoms with Crippen molar-refractivity contribution in [2.45, 2.75) is 0 Å². The number of rotatable bonds is 4. The molecule has 0 bridgehead atoms. The molecule has 0 radical (unpaired) electrons. The molecular formula is C17H13ClFNO5. The molecule has 1 aliphatic rings. The molecule has 1 heterocycles. The van der Waals surface area contributed by atoms with E-state index >= 15 is 0 Å². The zero-order valence-electron chi connectivity index (χ0n) is 12.9. The molecule has 0 aromatic heterocycles. The average molecular weight is 366 g/mol. The molecule has 6 nitrogen and oxygen atoms in total. The van der Waals surface area contributed by atoms with Crippen LogP contribution in [0.15, 0.2) is 36.4 Å². The van der Waals surface area contributed by atoms with Crippen molar-refractivity contribution in [3.05, 3.63) is 52.8 Å². The minimum atomic E-state index is -0.887. The third-order valence-electron chi connectivity index (χ3n) is 3.31. The van der Waals surface area contributed by atoms with Crippen LogP contribution in [0.3, 0.4) is 0 Å². The lowest BCUT2D eigenvalue weighted by atomic mass is 10.2. The number of benzene rings is 2. The van der Waals surface area contributed by atoms with E-state index in [2.05, 4.69) is 5.32 Å². The minimum Gasteiger partial charge on any atom is -0.486 e. The molecule has 2 aromatic carbocycles. The first-order valence-electron chi connectivity index (χ1n) is 7.34. The molecule has 0 fully saturated rings. The Hall–Kier alpha value is -2.80. The summed E-state index contributed by atoms with van der Waals surface area (Å²) in [6, 6.07) is 8.22. The summed E-state index contributed by atoms with van der Waals surface area (Å²) in [5.41, 5.74) is 0.322. The summed E-state index contributed by atoms with van der Waals surface area (Å²) < 4.78 is 28.8. The molecule has 0 saturated heterocycles. The molecule has 0 aliphatic carbocycles. The minimum absolute atomic E-state index is 0.0404. The fourth-order valence-corrected chi connectivity index (χ4v) is 2.38. The second-order valence-corrected chi connectivity index (χ2v) is 5.51. The largest absolute Gasteiger partial charge is 0.486 e. The second kappa shape index (κ2) is 7.40. The van der Waals surface area contributed by atoms with Crippen LogP contribution in [0.4, 0.5) is 10.1 Å². The van der Waals surface area contributed by atoms with Gasteiger partial charge in [-0.3, -0.25) is 4.79 Å². The van der Waals surface area contributed by atoms with Crippen LogP contribution in [0.25, 0.3) is 0 Å². The molecule has 3 rings (SSSR count). The summed E-state index contributed by atoms with van der Waals surface area (Å²) in [6.45, 7) is 0.355. The molecule has 1 N–H and O–H groups in total. The first kappa shape index (κ1) is 17.0. The summed E-state index contributed by atoms with van der Waals surface area (Å²) in [5, 5.41) is 2.61. The van der Waals surface area contributed by atoms with Crippen LogP contribution in [0.5, 0.6) is 11.5 Å². The quantitative estimate of drug-likeness (QED) is 0.843. The Kier molecular flexibility index (Phi) is 5.04. The van der Waals surface area contributed by atoms with Gasteiger partial charge in [0.15, 0.2) is 18.1 Å².